The summed E-state index contributed by atoms with van der Waals surface area (Å²) in [5.41, 5.74) is 2.17. The molecule has 2 aromatic rings. The smallest absolute Gasteiger partial charge is 0.161 e. The summed E-state index contributed by atoms with van der Waals surface area (Å²) in [5, 5.41) is 10.4. The third-order valence-corrected chi connectivity index (χ3v) is 5.19. The van der Waals surface area contributed by atoms with Crippen molar-refractivity contribution in [3.05, 3.63) is 53.9 Å². The first-order chi connectivity index (χ1) is 14.1. The largest absolute Gasteiger partial charge is 0.493 e. The van der Waals surface area contributed by atoms with Gasteiger partial charge in [-0.1, -0.05) is 18.6 Å². The van der Waals surface area contributed by atoms with Crippen LogP contribution in [0.2, 0.25) is 0 Å². The number of rotatable bonds is 10. The number of piperidine rings is 1. The van der Waals surface area contributed by atoms with Gasteiger partial charge in [0.1, 0.15) is 12.7 Å². The van der Waals surface area contributed by atoms with Crippen molar-refractivity contribution in [3.8, 4) is 11.5 Å². The zero-order chi connectivity index (χ0) is 20.5. The molecule has 158 valence electrons. The van der Waals surface area contributed by atoms with Crippen LogP contribution in [0.3, 0.4) is 0 Å². The maximum Gasteiger partial charge on any atom is 0.161 e. The van der Waals surface area contributed by atoms with Crippen LogP contribution in [-0.2, 0) is 13.1 Å². The number of nitrogens with zero attached hydrogens (tertiary/aromatic N) is 3. The summed E-state index contributed by atoms with van der Waals surface area (Å²) in [6, 6.07) is 11.9. The van der Waals surface area contributed by atoms with Crippen LogP contribution in [0.1, 0.15) is 30.5 Å². The number of hydrogen-bond donors (Lipinski definition) is 1. The number of β-amino-alcohol motifs (C(OH)–C–C–N with tert-alkyl or cyclic N) is 1. The lowest BCUT2D eigenvalue weighted by atomic mass is 10.1. The van der Waals surface area contributed by atoms with E-state index >= 15 is 0 Å². The Labute approximate surface area is 174 Å². The Kier molecular flexibility index (Phi) is 8.28. The number of pyridine rings is 1. The monoisotopic (exact) mass is 399 g/mol. The van der Waals surface area contributed by atoms with Gasteiger partial charge in [0, 0.05) is 25.8 Å². The molecule has 0 aliphatic carbocycles. The fourth-order valence-electron chi connectivity index (χ4n) is 3.75. The van der Waals surface area contributed by atoms with Crippen LogP contribution in [0, 0.1) is 0 Å². The van der Waals surface area contributed by atoms with Crippen molar-refractivity contribution in [2.24, 2.45) is 0 Å². The summed E-state index contributed by atoms with van der Waals surface area (Å²) >= 11 is 0. The normalized spacial score (nSPS) is 16.0. The first kappa shape index (κ1) is 21.6. The minimum atomic E-state index is -0.506. The van der Waals surface area contributed by atoms with Gasteiger partial charge < -0.3 is 19.5 Å². The van der Waals surface area contributed by atoms with Gasteiger partial charge in [0.05, 0.1) is 12.8 Å². The zero-order valence-corrected chi connectivity index (χ0v) is 17.6. The molecule has 0 amide bonds. The molecule has 0 bridgehead atoms. The predicted molar refractivity (Wildman–Crippen MR) is 114 cm³/mol. The molecule has 0 radical (unpaired) electrons. The van der Waals surface area contributed by atoms with Gasteiger partial charge in [0.25, 0.3) is 0 Å². The highest BCUT2D eigenvalue weighted by Crippen LogP contribution is 2.29. The highest BCUT2D eigenvalue weighted by Gasteiger charge is 2.16. The standard InChI is InChI=1S/C23H33N3O3/c1-25(16-20-8-4-5-11-24-20)15-19-9-10-22(28-2)23(14-19)29-18-21(27)17-26-12-6-3-7-13-26/h4-5,8-11,14,21,27H,3,6-7,12-13,15-18H2,1-2H3. The van der Waals surface area contributed by atoms with Crippen molar-refractivity contribution in [2.75, 3.05) is 40.4 Å². The number of likely N-dealkylation sites (tertiary alicyclic amines) is 1. The second kappa shape index (κ2) is 11.1. The number of benzene rings is 1. The lowest BCUT2D eigenvalue weighted by molar-refractivity contribution is 0.0608. The average molecular weight is 400 g/mol. The fourth-order valence-corrected chi connectivity index (χ4v) is 3.75. The highest BCUT2D eigenvalue weighted by atomic mass is 16.5. The van der Waals surface area contributed by atoms with Crippen LogP contribution in [0.15, 0.2) is 42.6 Å². The number of aliphatic hydroxyl groups is 1. The third-order valence-electron chi connectivity index (χ3n) is 5.19. The molecule has 1 unspecified atom stereocenters. The van der Waals surface area contributed by atoms with E-state index in [4.69, 9.17) is 9.47 Å². The molecule has 1 aromatic carbocycles. The van der Waals surface area contributed by atoms with Gasteiger partial charge >= 0.3 is 0 Å². The molecule has 6 heteroatoms. The molecule has 1 aliphatic rings. The average Bonchev–Trinajstić information content (AvgIpc) is 2.74. The molecular formula is C23H33N3O3. The molecule has 3 rings (SSSR count). The quantitative estimate of drug-likeness (QED) is 0.663. The van der Waals surface area contributed by atoms with Crippen molar-refractivity contribution in [1.82, 2.24) is 14.8 Å². The summed E-state index contributed by atoms with van der Waals surface area (Å²) in [6.07, 6.45) is 5.04. The van der Waals surface area contributed by atoms with E-state index in [1.54, 1.807) is 7.11 Å². The van der Waals surface area contributed by atoms with Gasteiger partial charge in [-0.3, -0.25) is 9.88 Å². The summed E-state index contributed by atoms with van der Waals surface area (Å²) in [6.45, 7) is 4.61. The molecule has 1 N–H and O–H groups in total. The second-order valence-corrected chi connectivity index (χ2v) is 7.80. The number of ether oxygens (including phenoxy) is 2. The molecule has 1 atom stereocenters. The van der Waals surface area contributed by atoms with E-state index < -0.39 is 6.10 Å². The maximum atomic E-state index is 10.4. The van der Waals surface area contributed by atoms with Crippen LogP contribution in [-0.4, -0.2) is 66.4 Å². The molecule has 1 saturated heterocycles. The van der Waals surface area contributed by atoms with E-state index in [0.717, 1.165) is 37.4 Å². The fraction of sp³-hybridized carbons (Fsp3) is 0.522. The Morgan fingerprint density at radius 3 is 2.66 bits per heavy atom. The molecular weight excluding hydrogens is 366 g/mol. The topological polar surface area (TPSA) is 58.1 Å². The van der Waals surface area contributed by atoms with E-state index in [-0.39, 0.29) is 6.61 Å². The van der Waals surface area contributed by atoms with Crippen molar-refractivity contribution < 1.29 is 14.6 Å². The van der Waals surface area contributed by atoms with Crippen LogP contribution in [0.25, 0.3) is 0 Å². The summed E-state index contributed by atoms with van der Waals surface area (Å²) in [4.78, 5) is 8.91. The SMILES string of the molecule is COc1ccc(CN(C)Cc2ccccn2)cc1OCC(O)CN1CCCCC1. The molecule has 6 nitrogen and oxygen atoms in total. The van der Waals surface area contributed by atoms with Crippen LogP contribution in [0.5, 0.6) is 11.5 Å². The Morgan fingerprint density at radius 2 is 1.93 bits per heavy atom. The second-order valence-electron chi connectivity index (χ2n) is 7.80. The lowest BCUT2D eigenvalue weighted by Crippen LogP contribution is -2.38. The number of methoxy groups -OCH3 is 1. The van der Waals surface area contributed by atoms with Crippen LogP contribution >= 0.6 is 0 Å². The van der Waals surface area contributed by atoms with Crippen LogP contribution < -0.4 is 9.47 Å². The van der Waals surface area contributed by atoms with Gasteiger partial charge in [-0.25, -0.2) is 0 Å². The van der Waals surface area contributed by atoms with E-state index in [9.17, 15) is 5.11 Å². The number of aliphatic hydroxyl groups excluding tert-OH is 1. The molecule has 1 aromatic heterocycles. The van der Waals surface area contributed by atoms with Gasteiger partial charge in [-0.15, -0.1) is 0 Å². The predicted octanol–water partition coefficient (Wildman–Crippen LogP) is 2.95. The Balaban J connectivity index is 1.54. The summed E-state index contributed by atoms with van der Waals surface area (Å²) in [7, 11) is 3.71. The van der Waals surface area contributed by atoms with Crippen molar-refractivity contribution in [1.29, 1.82) is 0 Å². The summed E-state index contributed by atoms with van der Waals surface area (Å²) in [5.74, 6) is 1.36. The first-order valence-corrected chi connectivity index (χ1v) is 10.4. The Hall–Kier alpha value is -2.15. The number of aromatic nitrogens is 1. The number of hydrogen-bond acceptors (Lipinski definition) is 6. The van der Waals surface area contributed by atoms with E-state index in [1.165, 1.54) is 19.3 Å². The zero-order valence-electron chi connectivity index (χ0n) is 17.6. The van der Waals surface area contributed by atoms with Crippen molar-refractivity contribution >= 4 is 0 Å². The van der Waals surface area contributed by atoms with Gasteiger partial charge in [-0.05, 0) is 62.8 Å². The Morgan fingerprint density at radius 1 is 1.10 bits per heavy atom. The van der Waals surface area contributed by atoms with E-state index in [2.05, 4.69) is 21.8 Å². The van der Waals surface area contributed by atoms with E-state index in [0.29, 0.717) is 18.0 Å². The maximum absolute atomic E-state index is 10.4. The molecule has 2 heterocycles. The third kappa shape index (κ3) is 6.99. The van der Waals surface area contributed by atoms with Gasteiger partial charge in [0.15, 0.2) is 11.5 Å². The lowest BCUT2D eigenvalue weighted by Gasteiger charge is -2.28. The Bertz CT molecular complexity index is 735. The van der Waals surface area contributed by atoms with Gasteiger partial charge in [0.2, 0.25) is 0 Å². The first-order valence-electron chi connectivity index (χ1n) is 10.4. The summed E-state index contributed by atoms with van der Waals surface area (Å²) < 4.78 is 11.4. The molecule has 0 spiro atoms. The highest BCUT2D eigenvalue weighted by molar-refractivity contribution is 5.43. The van der Waals surface area contributed by atoms with Gasteiger partial charge in [-0.2, -0.15) is 0 Å². The van der Waals surface area contributed by atoms with Crippen molar-refractivity contribution in [3.63, 3.8) is 0 Å². The van der Waals surface area contributed by atoms with Crippen LogP contribution in [0.4, 0.5) is 0 Å². The minimum absolute atomic E-state index is 0.264. The molecule has 1 fully saturated rings. The molecule has 1 aliphatic heterocycles. The molecule has 0 saturated carbocycles. The van der Waals surface area contributed by atoms with E-state index in [1.807, 2.05) is 42.6 Å². The minimum Gasteiger partial charge on any atom is -0.493 e. The molecule has 29 heavy (non-hydrogen) atoms. The van der Waals surface area contributed by atoms with Crippen molar-refractivity contribution in [2.45, 2.75) is 38.5 Å².